The Labute approximate surface area is 176 Å². The Morgan fingerprint density at radius 1 is 1.32 bits per heavy atom. The second-order valence-electron chi connectivity index (χ2n) is 8.24. The smallest absolute Gasteiger partial charge is 0.328 e. The van der Waals surface area contributed by atoms with Crippen molar-refractivity contribution in [2.24, 2.45) is 5.41 Å². The minimum Gasteiger partial charge on any atom is -0.382 e. The number of halogens is 1. The Balaban J connectivity index is 1.75. The van der Waals surface area contributed by atoms with Crippen molar-refractivity contribution < 1.29 is 32.8 Å². The molecule has 1 aromatic carbocycles. The van der Waals surface area contributed by atoms with Gasteiger partial charge in [-0.05, 0) is 25.5 Å². The Morgan fingerprint density at radius 2 is 2.03 bits per heavy atom. The number of ether oxygens (including phenoxy) is 2. The van der Waals surface area contributed by atoms with E-state index in [1.807, 2.05) is 0 Å². The van der Waals surface area contributed by atoms with Crippen LogP contribution in [0.2, 0.25) is 0 Å². The number of aromatic nitrogens is 1. The molecule has 2 fully saturated rings. The van der Waals surface area contributed by atoms with Crippen LogP contribution < -0.4 is 15.5 Å². The highest BCUT2D eigenvalue weighted by molar-refractivity contribution is 6.20. The lowest BCUT2D eigenvalue weighted by molar-refractivity contribution is -0.155. The number of aryl methyl sites for hydroxylation is 1. The van der Waals surface area contributed by atoms with Crippen LogP contribution >= 0.6 is 0 Å². The average molecular weight is 432 g/mol. The first kappa shape index (κ1) is 19.9. The Kier molecular flexibility index (Phi) is 4.31. The summed E-state index contributed by atoms with van der Waals surface area (Å²) < 4.78 is 32.1. The number of anilines is 1. The highest BCUT2D eigenvalue weighted by atomic mass is 19.1. The van der Waals surface area contributed by atoms with Crippen molar-refractivity contribution in [1.29, 1.82) is 0 Å². The van der Waals surface area contributed by atoms with Gasteiger partial charge in [0.05, 0.1) is 36.2 Å². The van der Waals surface area contributed by atoms with Gasteiger partial charge < -0.3 is 18.9 Å². The van der Waals surface area contributed by atoms with Crippen molar-refractivity contribution in [1.82, 2.24) is 15.8 Å². The molecule has 31 heavy (non-hydrogen) atoms. The van der Waals surface area contributed by atoms with E-state index in [-0.39, 0.29) is 30.8 Å². The summed E-state index contributed by atoms with van der Waals surface area (Å²) in [6.45, 7) is 3.83. The molecule has 0 bridgehead atoms. The lowest BCUT2D eigenvalue weighted by atomic mass is 9.66. The molecular weight excluding hydrogens is 411 g/mol. The third-order valence-electron chi connectivity index (χ3n) is 6.40. The van der Waals surface area contributed by atoms with E-state index < -0.39 is 47.3 Å². The van der Waals surface area contributed by atoms with Crippen molar-refractivity contribution >= 4 is 34.5 Å². The van der Waals surface area contributed by atoms with Crippen LogP contribution in [0.1, 0.15) is 18.2 Å². The molecule has 2 saturated heterocycles. The first-order chi connectivity index (χ1) is 14.8. The predicted molar refractivity (Wildman–Crippen MR) is 104 cm³/mol. The van der Waals surface area contributed by atoms with Crippen molar-refractivity contribution in [3.05, 3.63) is 23.1 Å². The molecule has 0 unspecified atom stereocenters. The average Bonchev–Trinajstić information content (AvgIpc) is 3.07. The molecule has 2 aromatic rings. The SMILES string of the molecule is COC[C@H]1CN2c3c(cc4c(C)noc4c3F)CC3(C(=O)NC(=O)NC3=O)[C@@H]2[C@@H](C)O1. The maximum atomic E-state index is 15.7. The lowest BCUT2D eigenvalue weighted by Crippen LogP contribution is -2.75. The summed E-state index contributed by atoms with van der Waals surface area (Å²) in [4.78, 5) is 39.7. The maximum absolute atomic E-state index is 15.7. The molecule has 1 aromatic heterocycles. The molecule has 3 aliphatic rings. The van der Waals surface area contributed by atoms with E-state index in [4.69, 9.17) is 14.0 Å². The number of barbiturate groups is 1. The fourth-order valence-electron chi connectivity index (χ4n) is 5.22. The van der Waals surface area contributed by atoms with Crippen LogP contribution in [0.25, 0.3) is 11.0 Å². The number of rotatable bonds is 2. The summed E-state index contributed by atoms with van der Waals surface area (Å²) in [6, 6.07) is -0.0340. The van der Waals surface area contributed by atoms with Gasteiger partial charge in [0.15, 0.2) is 11.2 Å². The minimum absolute atomic E-state index is 0.0149. The first-order valence-electron chi connectivity index (χ1n) is 9.93. The van der Waals surface area contributed by atoms with Gasteiger partial charge in [-0.3, -0.25) is 20.2 Å². The molecule has 3 atom stereocenters. The van der Waals surface area contributed by atoms with Crippen molar-refractivity contribution in [2.45, 2.75) is 38.5 Å². The summed E-state index contributed by atoms with van der Waals surface area (Å²) in [7, 11) is 1.53. The van der Waals surface area contributed by atoms with Gasteiger partial charge in [-0.25, -0.2) is 9.18 Å². The van der Waals surface area contributed by atoms with E-state index in [1.165, 1.54) is 7.11 Å². The number of nitrogens with zero attached hydrogens (tertiary/aromatic N) is 2. The first-order valence-corrected chi connectivity index (χ1v) is 9.93. The molecule has 4 amide bonds. The fraction of sp³-hybridized carbons (Fsp3) is 0.500. The van der Waals surface area contributed by atoms with Gasteiger partial charge in [-0.1, -0.05) is 5.16 Å². The van der Waals surface area contributed by atoms with Gasteiger partial charge in [-0.2, -0.15) is 0 Å². The summed E-state index contributed by atoms with van der Waals surface area (Å²) >= 11 is 0. The lowest BCUT2D eigenvalue weighted by Gasteiger charge is -2.55. The van der Waals surface area contributed by atoms with Crippen LogP contribution in [0.15, 0.2) is 10.6 Å². The third-order valence-corrected chi connectivity index (χ3v) is 6.40. The molecule has 2 N–H and O–H groups in total. The Morgan fingerprint density at radius 3 is 2.71 bits per heavy atom. The third kappa shape index (κ3) is 2.62. The molecule has 10 nitrogen and oxygen atoms in total. The van der Waals surface area contributed by atoms with Gasteiger partial charge in [-0.15, -0.1) is 0 Å². The fourth-order valence-corrected chi connectivity index (χ4v) is 5.22. The highest BCUT2D eigenvalue weighted by Gasteiger charge is 2.63. The molecule has 0 aliphatic carbocycles. The van der Waals surface area contributed by atoms with Crippen LogP contribution in [-0.2, 0) is 25.5 Å². The number of benzene rings is 1. The maximum Gasteiger partial charge on any atom is 0.328 e. The normalized spacial score (nSPS) is 27.2. The van der Waals surface area contributed by atoms with Crippen molar-refractivity contribution in [3.8, 4) is 0 Å². The second kappa shape index (κ2) is 6.72. The quantitative estimate of drug-likeness (QED) is 0.668. The standard InChI is InChI=1S/C20H21FN4O6/c1-8-12-4-10-5-20(17(26)22-19(28)23-18(20)27)16-9(2)30-11(7-29-3)6-25(16)14(10)13(21)15(12)31-24-8/h4,9,11,16H,5-7H2,1-3H3,(H2,22,23,26,27,28)/t9-,11-,16+/m1/s1. The van der Waals surface area contributed by atoms with Gasteiger partial charge in [0, 0.05) is 25.5 Å². The summed E-state index contributed by atoms with van der Waals surface area (Å²) in [5, 5.41) is 8.73. The van der Waals surface area contributed by atoms with Gasteiger partial charge >= 0.3 is 6.03 Å². The van der Waals surface area contributed by atoms with Crippen LogP contribution in [0.4, 0.5) is 14.9 Å². The zero-order valence-electron chi connectivity index (χ0n) is 17.2. The van der Waals surface area contributed by atoms with Crippen molar-refractivity contribution in [2.75, 3.05) is 25.2 Å². The van der Waals surface area contributed by atoms with Crippen LogP contribution in [-0.4, -0.2) is 61.5 Å². The number of urea groups is 1. The summed E-state index contributed by atoms with van der Waals surface area (Å²) in [6.07, 6.45) is -1.16. The van der Waals surface area contributed by atoms with E-state index in [0.717, 1.165) is 0 Å². The highest BCUT2D eigenvalue weighted by Crippen LogP contribution is 2.49. The number of hydrogen-bond acceptors (Lipinski definition) is 8. The van der Waals surface area contributed by atoms with Gasteiger partial charge in [0.1, 0.15) is 0 Å². The molecule has 164 valence electrons. The van der Waals surface area contributed by atoms with E-state index >= 15 is 4.39 Å². The number of carbonyl (C=O) groups excluding carboxylic acids is 3. The van der Waals surface area contributed by atoms with Crippen LogP contribution in [0.5, 0.6) is 0 Å². The number of methoxy groups -OCH3 is 1. The zero-order chi connectivity index (χ0) is 22.1. The number of hydrogen-bond donors (Lipinski definition) is 2. The van der Waals surface area contributed by atoms with Crippen LogP contribution in [0, 0.1) is 18.2 Å². The summed E-state index contributed by atoms with van der Waals surface area (Å²) in [5.41, 5.74) is -0.469. The minimum atomic E-state index is -1.68. The number of morpholine rings is 1. The van der Waals surface area contributed by atoms with Gasteiger partial charge in [0.25, 0.3) is 0 Å². The molecular formula is C20H21FN4O6. The summed E-state index contributed by atoms with van der Waals surface area (Å²) in [5.74, 6) is -2.07. The molecule has 1 spiro atoms. The monoisotopic (exact) mass is 432 g/mol. The van der Waals surface area contributed by atoms with E-state index in [2.05, 4.69) is 15.8 Å². The molecule has 4 heterocycles. The number of amides is 4. The zero-order valence-corrected chi connectivity index (χ0v) is 17.2. The van der Waals surface area contributed by atoms with Crippen molar-refractivity contribution in [3.63, 3.8) is 0 Å². The second-order valence-corrected chi connectivity index (χ2v) is 8.24. The van der Waals surface area contributed by atoms with E-state index in [9.17, 15) is 14.4 Å². The van der Waals surface area contributed by atoms with Gasteiger partial charge in [0.2, 0.25) is 17.4 Å². The van der Waals surface area contributed by atoms with E-state index in [0.29, 0.717) is 16.6 Å². The Hall–Kier alpha value is -3.05. The molecule has 0 saturated carbocycles. The van der Waals surface area contributed by atoms with Crippen LogP contribution in [0.3, 0.4) is 0 Å². The predicted octanol–water partition coefficient (Wildman–Crippen LogP) is 0.793. The number of imide groups is 2. The molecule has 11 heteroatoms. The number of nitrogens with one attached hydrogen (secondary N) is 2. The van der Waals surface area contributed by atoms with E-state index in [1.54, 1.807) is 24.8 Å². The number of fused-ring (bicyclic) bond motifs is 5. The Bertz CT molecular complexity index is 1110. The molecule has 3 aliphatic heterocycles. The number of carbonyl (C=O) groups is 3. The topological polar surface area (TPSA) is 123 Å². The molecule has 0 radical (unpaired) electrons. The molecule has 5 rings (SSSR count). The largest absolute Gasteiger partial charge is 0.382 e.